The number of benzene rings is 1. The molecule has 3 nitrogen and oxygen atoms in total. The highest BCUT2D eigenvalue weighted by molar-refractivity contribution is 5.85. The highest BCUT2D eigenvalue weighted by Gasteiger charge is 2.21. The molecular weight excluding hydrogens is 355 g/mol. The molecule has 0 radical (unpaired) electrons. The van der Waals surface area contributed by atoms with Crippen LogP contribution < -0.4 is 10.1 Å². The predicted molar refractivity (Wildman–Crippen MR) is 110 cm³/mol. The second kappa shape index (κ2) is 10.6. The van der Waals surface area contributed by atoms with Gasteiger partial charge in [0.2, 0.25) is 0 Å². The molecular formula is C20H28Cl2N2O. The Kier molecular flexibility index (Phi) is 9.26. The molecule has 0 amide bonds. The van der Waals surface area contributed by atoms with Crippen molar-refractivity contribution >= 4 is 35.7 Å². The van der Waals surface area contributed by atoms with Crippen LogP contribution in [0.1, 0.15) is 24.8 Å². The van der Waals surface area contributed by atoms with Gasteiger partial charge in [0.1, 0.15) is 5.75 Å². The molecule has 1 aromatic heterocycles. The number of hydrogen-bond donors (Lipinski definition) is 1. The van der Waals surface area contributed by atoms with Gasteiger partial charge in [-0.2, -0.15) is 0 Å². The van der Waals surface area contributed by atoms with E-state index >= 15 is 0 Å². The lowest BCUT2D eigenvalue weighted by molar-refractivity contribution is 0.280. The van der Waals surface area contributed by atoms with Gasteiger partial charge in [-0.1, -0.05) is 6.08 Å². The number of methoxy groups -OCH3 is 1. The van der Waals surface area contributed by atoms with E-state index in [1.807, 2.05) is 18.3 Å². The predicted octanol–water partition coefficient (Wildman–Crippen LogP) is 4.82. The summed E-state index contributed by atoms with van der Waals surface area (Å²) >= 11 is 0. The van der Waals surface area contributed by atoms with Gasteiger partial charge in [-0.3, -0.25) is 4.98 Å². The number of aryl methyl sites for hydroxylation is 1. The Balaban J connectivity index is 0.00000156. The number of rotatable bonds is 6. The number of nitrogens with zero attached hydrogens (tertiary/aromatic N) is 1. The van der Waals surface area contributed by atoms with E-state index in [9.17, 15) is 0 Å². The Hall–Kier alpha value is -1.29. The fraction of sp³-hybridized carbons (Fsp3) is 0.450. The molecule has 2 aromatic rings. The normalized spacial score (nSPS) is 19.6. The number of nitrogens with one attached hydrogen (secondary N) is 1. The van der Waals surface area contributed by atoms with E-state index in [2.05, 4.69) is 35.1 Å². The van der Waals surface area contributed by atoms with Crippen molar-refractivity contribution in [2.45, 2.75) is 25.7 Å². The van der Waals surface area contributed by atoms with Crippen molar-refractivity contribution in [3.05, 3.63) is 48.7 Å². The fourth-order valence-corrected chi connectivity index (χ4v) is 3.65. The van der Waals surface area contributed by atoms with Crippen LogP contribution in [0.25, 0.3) is 10.9 Å². The number of ether oxygens (including phenoxy) is 1. The molecule has 0 aliphatic carbocycles. The summed E-state index contributed by atoms with van der Waals surface area (Å²) in [5, 5.41) is 4.69. The number of piperidine rings is 1. The topological polar surface area (TPSA) is 34.2 Å². The number of halogens is 2. The summed E-state index contributed by atoms with van der Waals surface area (Å²) in [7, 11) is 1.71. The Bertz CT molecular complexity index is 678. The van der Waals surface area contributed by atoms with Gasteiger partial charge in [0, 0.05) is 18.1 Å². The summed E-state index contributed by atoms with van der Waals surface area (Å²) in [4.78, 5) is 4.46. The van der Waals surface area contributed by atoms with E-state index in [-0.39, 0.29) is 24.8 Å². The van der Waals surface area contributed by atoms with Gasteiger partial charge in [-0.25, -0.2) is 0 Å². The lowest BCUT2D eigenvalue weighted by Crippen LogP contribution is -2.35. The maximum atomic E-state index is 5.36. The number of hydrogen-bond acceptors (Lipinski definition) is 3. The first-order valence-corrected chi connectivity index (χ1v) is 8.56. The first-order valence-electron chi connectivity index (χ1n) is 8.56. The quantitative estimate of drug-likeness (QED) is 0.726. The lowest BCUT2D eigenvalue weighted by atomic mass is 9.82. The Labute approximate surface area is 163 Å². The maximum Gasteiger partial charge on any atom is 0.119 e. The van der Waals surface area contributed by atoms with Crippen LogP contribution in [-0.2, 0) is 6.42 Å². The van der Waals surface area contributed by atoms with Crippen molar-refractivity contribution in [1.29, 1.82) is 0 Å². The van der Waals surface area contributed by atoms with Gasteiger partial charge in [0.25, 0.3) is 0 Å². The molecule has 1 unspecified atom stereocenters. The molecule has 0 saturated carbocycles. The van der Waals surface area contributed by atoms with Crippen LogP contribution in [-0.4, -0.2) is 25.2 Å². The summed E-state index contributed by atoms with van der Waals surface area (Å²) in [6.07, 6.45) is 8.89. The van der Waals surface area contributed by atoms with E-state index in [1.54, 1.807) is 7.11 Å². The maximum absolute atomic E-state index is 5.36. The van der Waals surface area contributed by atoms with Crippen LogP contribution >= 0.6 is 24.8 Å². The highest BCUT2D eigenvalue weighted by atomic mass is 35.5. The van der Waals surface area contributed by atoms with Gasteiger partial charge in [0.05, 0.1) is 12.6 Å². The first kappa shape index (κ1) is 21.8. The Morgan fingerprint density at radius 1 is 1.32 bits per heavy atom. The molecule has 25 heavy (non-hydrogen) atoms. The van der Waals surface area contributed by atoms with Crippen molar-refractivity contribution in [3.63, 3.8) is 0 Å². The van der Waals surface area contributed by atoms with Crippen LogP contribution in [0.5, 0.6) is 5.75 Å². The monoisotopic (exact) mass is 382 g/mol. The zero-order chi connectivity index (χ0) is 16.1. The minimum atomic E-state index is 0. The Morgan fingerprint density at radius 2 is 2.16 bits per heavy atom. The van der Waals surface area contributed by atoms with E-state index in [0.29, 0.717) is 5.92 Å². The van der Waals surface area contributed by atoms with Crippen molar-refractivity contribution in [2.75, 3.05) is 20.2 Å². The van der Waals surface area contributed by atoms with Gasteiger partial charge in [-0.05, 0) is 73.9 Å². The second-order valence-corrected chi connectivity index (χ2v) is 6.40. The number of pyridine rings is 1. The molecule has 1 aliphatic heterocycles. The highest BCUT2D eigenvalue weighted by Crippen LogP contribution is 2.27. The first-order chi connectivity index (χ1) is 11.3. The molecule has 138 valence electrons. The molecule has 1 fully saturated rings. The molecule has 1 saturated heterocycles. The van der Waals surface area contributed by atoms with Gasteiger partial charge in [-0.15, -0.1) is 31.4 Å². The molecule has 3 rings (SSSR count). The number of fused-ring (bicyclic) bond motifs is 1. The lowest BCUT2D eigenvalue weighted by Gasteiger charge is -2.30. The summed E-state index contributed by atoms with van der Waals surface area (Å²) < 4.78 is 5.36. The van der Waals surface area contributed by atoms with Crippen molar-refractivity contribution < 1.29 is 4.74 Å². The third kappa shape index (κ3) is 5.34. The van der Waals surface area contributed by atoms with Gasteiger partial charge < -0.3 is 10.1 Å². The van der Waals surface area contributed by atoms with Crippen LogP contribution in [0.15, 0.2) is 43.1 Å². The third-order valence-electron chi connectivity index (χ3n) is 5.04. The van der Waals surface area contributed by atoms with E-state index < -0.39 is 0 Å². The number of aromatic nitrogens is 1. The largest absolute Gasteiger partial charge is 0.497 e. The summed E-state index contributed by atoms with van der Waals surface area (Å²) in [6.45, 7) is 6.23. The summed E-state index contributed by atoms with van der Waals surface area (Å²) in [6, 6.07) is 8.27. The summed E-state index contributed by atoms with van der Waals surface area (Å²) in [5.41, 5.74) is 2.42. The SMILES string of the molecule is C=C[C@@H]1CNCCC1CCCc1ccnc2ccc(OC)cc12.Cl.Cl. The minimum Gasteiger partial charge on any atom is -0.497 e. The average molecular weight is 383 g/mol. The zero-order valence-corrected chi connectivity index (χ0v) is 16.4. The zero-order valence-electron chi connectivity index (χ0n) is 14.7. The molecule has 2 heterocycles. The van der Waals surface area contributed by atoms with Crippen LogP contribution in [0.2, 0.25) is 0 Å². The van der Waals surface area contributed by atoms with Crippen molar-refractivity contribution in [2.24, 2.45) is 11.8 Å². The van der Waals surface area contributed by atoms with Crippen LogP contribution in [0, 0.1) is 11.8 Å². The minimum absolute atomic E-state index is 0. The standard InChI is InChI=1S/C20H26N2O.2ClH/c1-3-15-14-21-11-9-16(15)5-4-6-17-10-12-22-20-8-7-18(23-2)13-19(17)20;;/h3,7-8,10,12-13,15-16,21H,1,4-6,9,11,14H2,2H3;2*1H/t15-,16?;;/m1../s1. The summed E-state index contributed by atoms with van der Waals surface area (Å²) in [5.74, 6) is 2.30. The molecule has 0 bridgehead atoms. The smallest absolute Gasteiger partial charge is 0.119 e. The van der Waals surface area contributed by atoms with Gasteiger partial charge >= 0.3 is 0 Å². The van der Waals surface area contributed by atoms with Crippen LogP contribution in [0.3, 0.4) is 0 Å². The van der Waals surface area contributed by atoms with Gasteiger partial charge in [0.15, 0.2) is 0 Å². The molecule has 0 spiro atoms. The molecule has 1 aliphatic rings. The fourth-order valence-electron chi connectivity index (χ4n) is 3.65. The molecule has 2 atom stereocenters. The van der Waals surface area contributed by atoms with E-state index in [1.165, 1.54) is 30.2 Å². The molecule has 5 heteroatoms. The molecule has 1 aromatic carbocycles. The van der Waals surface area contributed by atoms with Crippen molar-refractivity contribution in [1.82, 2.24) is 10.3 Å². The van der Waals surface area contributed by atoms with Crippen molar-refractivity contribution in [3.8, 4) is 5.75 Å². The second-order valence-electron chi connectivity index (χ2n) is 6.40. The van der Waals surface area contributed by atoms with E-state index in [0.717, 1.165) is 36.7 Å². The third-order valence-corrected chi connectivity index (χ3v) is 5.04. The Morgan fingerprint density at radius 3 is 2.92 bits per heavy atom. The van der Waals surface area contributed by atoms with E-state index in [4.69, 9.17) is 4.74 Å². The molecule has 1 N–H and O–H groups in total. The average Bonchev–Trinajstić information content (AvgIpc) is 2.62. The van der Waals surface area contributed by atoms with Crippen LogP contribution in [0.4, 0.5) is 0 Å².